The molecule has 1 saturated carbocycles. The van der Waals surface area contributed by atoms with E-state index in [9.17, 15) is 0 Å². The summed E-state index contributed by atoms with van der Waals surface area (Å²) in [6.45, 7) is 3.17. The molecule has 0 aliphatic heterocycles. The molecule has 0 radical (unpaired) electrons. The van der Waals surface area contributed by atoms with Crippen LogP contribution in [0.1, 0.15) is 50.6 Å². The van der Waals surface area contributed by atoms with E-state index in [1.165, 1.54) is 31.4 Å². The quantitative estimate of drug-likeness (QED) is 0.792. The van der Waals surface area contributed by atoms with E-state index in [0.717, 1.165) is 18.7 Å². The van der Waals surface area contributed by atoms with Crippen LogP contribution in [0, 0.1) is 0 Å². The van der Waals surface area contributed by atoms with Gasteiger partial charge < -0.3 is 4.74 Å². The Bertz CT molecular complexity index is 364. The average Bonchev–Trinajstić information content (AvgIpc) is 2.73. The van der Waals surface area contributed by atoms with Crippen molar-refractivity contribution in [2.24, 2.45) is 0 Å². The van der Waals surface area contributed by atoms with Crippen molar-refractivity contribution in [1.82, 2.24) is 9.78 Å². The van der Waals surface area contributed by atoms with E-state index in [1.807, 2.05) is 6.20 Å². The van der Waals surface area contributed by atoms with Crippen molar-refractivity contribution < 1.29 is 4.74 Å². The maximum absolute atomic E-state index is 5.47. The first-order valence-electron chi connectivity index (χ1n) is 6.51. The number of rotatable bonds is 4. The van der Waals surface area contributed by atoms with E-state index in [2.05, 4.69) is 32.6 Å². The minimum Gasteiger partial charge on any atom is -0.493 e. The zero-order chi connectivity index (χ0) is 12.3. The molecule has 0 aromatic carbocycles. The van der Waals surface area contributed by atoms with Gasteiger partial charge >= 0.3 is 0 Å². The van der Waals surface area contributed by atoms with Crippen LogP contribution in [0.2, 0.25) is 0 Å². The van der Waals surface area contributed by atoms with Crippen LogP contribution >= 0.6 is 15.9 Å². The van der Waals surface area contributed by atoms with Crippen molar-refractivity contribution in [2.75, 3.05) is 7.11 Å². The molecular formula is C13H21BrN2O. The first-order valence-corrected chi connectivity index (χ1v) is 7.43. The average molecular weight is 301 g/mol. The van der Waals surface area contributed by atoms with E-state index < -0.39 is 0 Å². The van der Waals surface area contributed by atoms with Crippen molar-refractivity contribution in [3.8, 4) is 5.75 Å². The summed E-state index contributed by atoms with van der Waals surface area (Å²) in [6, 6.07) is 0. The molecule has 0 bridgehead atoms. The number of ether oxygens (including phenoxy) is 1. The lowest BCUT2D eigenvalue weighted by Gasteiger charge is -2.28. The zero-order valence-electron chi connectivity index (χ0n) is 10.7. The Balaban J connectivity index is 2.29. The van der Waals surface area contributed by atoms with E-state index >= 15 is 0 Å². The van der Waals surface area contributed by atoms with Gasteiger partial charge in [0.05, 0.1) is 19.0 Å². The predicted molar refractivity (Wildman–Crippen MR) is 73.0 cm³/mol. The first-order chi connectivity index (χ1) is 8.27. The topological polar surface area (TPSA) is 27.1 Å². The van der Waals surface area contributed by atoms with Crippen molar-refractivity contribution in [1.29, 1.82) is 0 Å². The summed E-state index contributed by atoms with van der Waals surface area (Å²) in [5.74, 6) is 1.50. The molecule has 2 rings (SSSR count). The summed E-state index contributed by atoms with van der Waals surface area (Å²) in [5.41, 5.74) is 1.29. The molecule has 0 amide bonds. The van der Waals surface area contributed by atoms with Gasteiger partial charge in [0.1, 0.15) is 0 Å². The van der Waals surface area contributed by atoms with Crippen LogP contribution < -0.4 is 4.74 Å². The third-order valence-corrected chi connectivity index (χ3v) is 4.63. The second-order valence-electron chi connectivity index (χ2n) is 4.73. The molecular weight excluding hydrogens is 280 g/mol. The van der Waals surface area contributed by atoms with Crippen LogP contribution in [0.5, 0.6) is 5.75 Å². The van der Waals surface area contributed by atoms with Gasteiger partial charge in [-0.1, -0.05) is 35.7 Å². The van der Waals surface area contributed by atoms with Crippen LogP contribution in [0.3, 0.4) is 0 Å². The number of aromatic nitrogens is 2. The molecule has 3 nitrogen and oxygen atoms in total. The predicted octanol–water partition coefficient (Wildman–Crippen LogP) is 3.72. The van der Waals surface area contributed by atoms with Gasteiger partial charge in [-0.05, 0) is 19.3 Å². The summed E-state index contributed by atoms with van der Waals surface area (Å²) >= 11 is 3.83. The SMILES string of the molecule is CCCn1ncc(OC)c1C1CCCCC1Br. The number of hydrogen-bond acceptors (Lipinski definition) is 2. The van der Waals surface area contributed by atoms with Crippen molar-refractivity contribution in [3.05, 3.63) is 11.9 Å². The smallest absolute Gasteiger partial charge is 0.160 e. The van der Waals surface area contributed by atoms with E-state index in [-0.39, 0.29) is 0 Å². The summed E-state index contributed by atoms with van der Waals surface area (Å²) in [7, 11) is 1.74. The number of nitrogens with zero attached hydrogens (tertiary/aromatic N) is 2. The Hall–Kier alpha value is -0.510. The lowest BCUT2D eigenvalue weighted by Crippen LogP contribution is -2.21. The van der Waals surface area contributed by atoms with Crippen LogP contribution in [-0.2, 0) is 6.54 Å². The molecule has 1 aliphatic carbocycles. The number of aryl methyl sites for hydroxylation is 1. The first kappa shape index (κ1) is 12.9. The lowest BCUT2D eigenvalue weighted by molar-refractivity contribution is 0.379. The highest BCUT2D eigenvalue weighted by Crippen LogP contribution is 2.41. The highest BCUT2D eigenvalue weighted by atomic mass is 79.9. The Morgan fingerprint density at radius 1 is 1.47 bits per heavy atom. The van der Waals surface area contributed by atoms with Gasteiger partial charge in [0.25, 0.3) is 0 Å². The third kappa shape index (κ3) is 2.67. The fraction of sp³-hybridized carbons (Fsp3) is 0.769. The Morgan fingerprint density at radius 3 is 2.88 bits per heavy atom. The molecule has 0 spiro atoms. The lowest BCUT2D eigenvalue weighted by atomic mass is 9.86. The van der Waals surface area contributed by atoms with Gasteiger partial charge in [-0.15, -0.1) is 0 Å². The van der Waals surface area contributed by atoms with Gasteiger partial charge in [-0.25, -0.2) is 0 Å². The fourth-order valence-electron chi connectivity index (χ4n) is 2.69. The molecule has 1 aliphatic rings. The number of methoxy groups -OCH3 is 1. The normalized spacial score (nSPS) is 24.9. The molecule has 0 N–H and O–H groups in total. The molecule has 0 saturated heterocycles. The van der Waals surface area contributed by atoms with Crippen LogP contribution in [0.15, 0.2) is 6.20 Å². The van der Waals surface area contributed by atoms with Crippen LogP contribution in [0.25, 0.3) is 0 Å². The van der Waals surface area contributed by atoms with Crippen molar-refractivity contribution >= 4 is 15.9 Å². The molecule has 2 atom stereocenters. The molecule has 1 heterocycles. The number of alkyl halides is 1. The third-order valence-electron chi connectivity index (χ3n) is 3.53. The summed E-state index contributed by atoms with van der Waals surface area (Å²) in [6.07, 6.45) is 8.10. The summed E-state index contributed by atoms with van der Waals surface area (Å²) in [5, 5.41) is 4.46. The molecule has 17 heavy (non-hydrogen) atoms. The summed E-state index contributed by atoms with van der Waals surface area (Å²) in [4.78, 5) is 0.567. The van der Waals surface area contributed by atoms with Crippen molar-refractivity contribution in [3.63, 3.8) is 0 Å². The highest BCUT2D eigenvalue weighted by Gasteiger charge is 2.30. The molecule has 1 aromatic rings. The Morgan fingerprint density at radius 2 is 2.24 bits per heavy atom. The van der Waals surface area contributed by atoms with Gasteiger partial charge in [0, 0.05) is 17.3 Å². The Labute approximate surface area is 112 Å². The Kier molecular flexibility index (Phi) is 4.48. The van der Waals surface area contributed by atoms with Gasteiger partial charge in [0.2, 0.25) is 0 Å². The van der Waals surface area contributed by atoms with Crippen molar-refractivity contribution in [2.45, 2.75) is 56.3 Å². The fourth-order valence-corrected chi connectivity index (χ4v) is 3.53. The number of halogens is 1. The molecule has 1 fully saturated rings. The van der Waals surface area contributed by atoms with Gasteiger partial charge in [0.15, 0.2) is 5.75 Å². The van der Waals surface area contributed by atoms with Crippen LogP contribution in [0.4, 0.5) is 0 Å². The minimum absolute atomic E-state index is 0.549. The van der Waals surface area contributed by atoms with E-state index in [4.69, 9.17) is 4.74 Å². The molecule has 1 aromatic heterocycles. The van der Waals surface area contributed by atoms with Gasteiger partial charge in [-0.3, -0.25) is 4.68 Å². The van der Waals surface area contributed by atoms with Gasteiger partial charge in [-0.2, -0.15) is 5.10 Å². The van der Waals surface area contributed by atoms with Crippen LogP contribution in [-0.4, -0.2) is 21.7 Å². The second-order valence-corrected chi connectivity index (χ2v) is 5.90. The minimum atomic E-state index is 0.549. The summed E-state index contributed by atoms with van der Waals surface area (Å²) < 4.78 is 7.60. The standard InChI is InChI=1S/C13H21BrN2O/c1-3-8-16-13(12(17-2)9-15-16)10-6-4-5-7-11(10)14/h9-11H,3-8H2,1-2H3. The van der Waals surface area contributed by atoms with E-state index in [0.29, 0.717) is 10.7 Å². The number of hydrogen-bond donors (Lipinski definition) is 0. The molecule has 4 heteroatoms. The second kappa shape index (κ2) is 5.89. The highest BCUT2D eigenvalue weighted by molar-refractivity contribution is 9.09. The zero-order valence-corrected chi connectivity index (χ0v) is 12.2. The van der Waals surface area contributed by atoms with E-state index in [1.54, 1.807) is 7.11 Å². The maximum atomic E-state index is 5.47. The monoisotopic (exact) mass is 300 g/mol. The largest absolute Gasteiger partial charge is 0.493 e. The molecule has 96 valence electrons. The molecule has 2 unspecified atom stereocenters. The maximum Gasteiger partial charge on any atom is 0.160 e.